The minimum Gasteiger partial charge on any atom is -0.444 e. The zero-order valence-electron chi connectivity index (χ0n) is 16.3. The molecular formula is C17H27N5O4S2. The minimum absolute atomic E-state index is 0.117. The van der Waals surface area contributed by atoms with Crippen LogP contribution < -0.4 is 10.0 Å². The van der Waals surface area contributed by atoms with Gasteiger partial charge in [-0.2, -0.15) is 0 Å². The third-order valence-corrected chi connectivity index (χ3v) is 7.18. The molecule has 1 aromatic rings. The van der Waals surface area contributed by atoms with E-state index in [2.05, 4.69) is 19.9 Å². The molecule has 1 saturated heterocycles. The van der Waals surface area contributed by atoms with Crippen molar-refractivity contribution < 1.29 is 17.9 Å². The van der Waals surface area contributed by atoms with Crippen LogP contribution in [0.15, 0.2) is 26.7 Å². The highest BCUT2D eigenvalue weighted by Crippen LogP contribution is 2.18. The van der Waals surface area contributed by atoms with Crippen molar-refractivity contribution in [2.75, 3.05) is 39.3 Å². The number of rotatable bonds is 5. The van der Waals surface area contributed by atoms with Crippen molar-refractivity contribution in [1.29, 1.82) is 0 Å². The molecular weight excluding hydrogens is 402 g/mol. The molecule has 28 heavy (non-hydrogen) atoms. The van der Waals surface area contributed by atoms with Crippen LogP contribution in [0.3, 0.4) is 0 Å². The molecule has 1 atom stereocenters. The van der Waals surface area contributed by atoms with Crippen LogP contribution in [0, 0.1) is 0 Å². The number of nitrogens with zero attached hydrogens (tertiary/aromatic N) is 3. The lowest BCUT2D eigenvalue weighted by Gasteiger charge is -2.39. The molecule has 1 fully saturated rings. The number of carbonyl (C=O) groups is 1. The van der Waals surface area contributed by atoms with Gasteiger partial charge in [-0.25, -0.2) is 17.9 Å². The lowest BCUT2D eigenvalue weighted by atomic mass is 10.2. The second kappa shape index (κ2) is 8.26. The first-order valence-electron chi connectivity index (χ1n) is 9.22. The number of amides is 1. The maximum atomic E-state index is 12.3. The molecule has 3 heterocycles. The Morgan fingerprint density at radius 3 is 2.82 bits per heavy atom. The fourth-order valence-electron chi connectivity index (χ4n) is 3.07. The van der Waals surface area contributed by atoms with E-state index < -0.39 is 15.6 Å². The summed E-state index contributed by atoms with van der Waals surface area (Å²) in [6, 6.07) is 3.41. The highest BCUT2D eigenvalue weighted by atomic mass is 32.2. The molecule has 0 aliphatic carbocycles. The van der Waals surface area contributed by atoms with Crippen LogP contribution in [0.25, 0.3) is 0 Å². The molecule has 156 valence electrons. The van der Waals surface area contributed by atoms with Crippen LogP contribution in [-0.2, 0) is 14.8 Å². The maximum absolute atomic E-state index is 12.3. The normalized spacial score (nSPS) is 20.0. The molecule has 2 aliphatic heterocycles. The fourth-order valence-corrected chi connectivity index (χ4v) is 5.14. The van der Waals surface area contributed by atoms with Crippen molar-refractivity contribution in [3.63, 3.8) is 0 Å². The molecule has 0 bridgehead atoms. The molecule has 1 aromatic heterocycles. The number of aliphatic imine (C=N–C) groups is 1. The Kier molecular flexibility index (Phi) is 6.15. The number of fused-ring (bicyclic) bond motifs is 1. The van der Waals surface area contributed by atoms with Crippen LogP contribution in [0.4, 0.5) is 4.79 Å². The summed E-state index contributed by atoms with van der Waals surface area (Å²) in [5.74, 6) is 0.754. The van der Waals surface area contributed by atoms with Crippen LogP contribution in [-0.4, -0.2) is 81.2 Å². The first-order valence-corrected chi connectivity index (χ1v) is 11.6. The van der Waals surface area contributed by atoms with Gasteiger partial charge in [-0.15, -0.1) is 11.3 Å². The maximum Gasteiger partial charge on any atom is 0.410 e. The fraction of sp³-hybridized carbons (Fsp3) is 0.647. The van der Waals surface area contributed by atoms with E-state index in [9.17, 15) is 13.2 Å². The Bertz CT molecular complexity index is 817. The van der Waals surface area contributed by atoms with E-state index in [0.29, 0.717) is 36.9 Å². The third-order valence-electron chi connectivity index (χ3n) is 4.32. The standard InChI is InChI=1S/C17H27N5O4S2/c1-17(2,3)26-16(23)21-8-9-22-13(12-21)11-19-15(22)18-6-7-20-28(24,25)14-5-4-10-27-14/h4-5,10,13,20H,6-9,11-12H2,1-3H3,(H,18,19). The van der Waals surface area contributed by atoms with Gasteiger partial charge in [-0.05, 0) is 32.2 Å². The van der Waals surface area contributed by atoms with Gasteiger partial charge in [0.25, 0.3) is 0 Å². The largest absolute Gasteiger partial charge is 0.444 e. The van der Waals surface area contributed by atoms with E-state index in [0.717, 1.165) is 5.96 Å². The molecule has 0 saturated carbocycles. The van der Waals surface area contributed by atoms with E-state index >= 15 is 0 Å². The summed E-state index contributed by atoms with van der Waals surface area (Å²) in [5.41, 5.74) is -0.510. The Morgan fingerprint density at radius 1 is 1.36 bits per heavy atom. The molecule has 11 heteroatoms. The van der Waals surface area contributed by atoms with Crippen molar-refractivity contribution >= 4 is 33.4 Å². The smallest absolute Gasteiger partial charge is 0.410 e. The van der Waals surface area contributed by atoms with Gasteiger partial charge >= 0.3 is 6.09 Å². The number of carbonyl (C=O) groups excluding carboxylic acids is 1. The first kappa shape index (κ1) is 20.9. The second-order valence-corrected chi connectivity index (χ2v) is 10.6. The lowest BCUT2D eigenvalue weighted by molar-refractivity contribution is 0.0137. The van der Waals surface area contributed by atoms with Gasteiger partial charge in [-0.3, -0.25) is 4.99 Å². The number of ether oxygens (including phenoxy) is 1. The van der Waals surface area contributed by atoms with Gasteiger partial charge in [0.05, 0.1) is 12.6 Å². The molecule has 1 unspecified atom stereocenters. The van der Waals surface area contributed by atoms with Gasteiger partial charge in [0.1, 0.15) is 9.81 Å². The molecule has 2 aliphatic rings. The first-order chi connectivity index (χ1) is 13.2. The van der Waals surface area contributed by atoms with Crippen LogP contribution in [0.5, 0.6) is 0 Å². The van der Waals surface area contributed by atoms with E-state index in [-0.39, 0.29) is 18.7 Å². The van der Waals surface area contributed by atoms with Gasteiger partial charge in [0.2, 0.25) is 10.0 Å². The predicted octanol–water partition coefficient (Wildman–Crippen LogP) is 0.907. The van der Waals surface area contributed by atoms with Crippen molar-refractivity contribution in [3.05, 3.63) is 17.5 Å². The lowest BCUT2D eigenvalue weighted by Crippen LogP contribution is -2.57. The van der Waals surface area contributed by atoms with Crippen molar-refractivity contribution in [2.45, 2.75) is 36.6 Å². The average Bonchev–Trinajstić information content (AvgIpc) is 3.27. The van der Waals surface area contributed by atoms with E-state index in [4.69, 9.17) is 4.74 Å². The molecule has 9 nitrogen and oxygen atoms in total. The highest BCUT2D eigenvalue weighted by molar-refractivity contribution is 7.91. The Labute approximate surface area is 169 Å². The molecule has 0 aromatic carbocycles. The number of sulfonamides is 1. The van der Waals surface area contributed by atoms with Crippen LogP contribution in [0.1, 0.15) is 20.8 Å². The van der Waals surface area contributed by atoms with Gasteiger partial charge in [0.15, 0.2) is 5.96 Å². The van der Waals surface area contributed by atoms with E-state index in [1.165, 1.54) is 11.3 Å². The number of guanidine groups is 1. The summed E-state index contributed by atoms with van der Waals surface area (Å²) in [7, 11) is -3.45. The molecule has 0 spiro atoms. The summed E-state index contributed by atoms with van der Waals surface area (Å²) in [4.78, 5) is 20.6. The van der Waals surface area contributed by atoms with Crippen molar-refractivity contribution in [2.24, 2.45) is 4.99 Å². The van der Waals surface area contributed by atoms with Crippen LogP contribution >= 0.6 is 11.3 Å². The average molecular weight is 430 g/mol. The monoisotopic (exact) mass is 429 g/mol. The summed E-state index contributed by atoms with van der Waals surface area (Å²) in [6.07, 6.45) is -0.295. The van der Waals surface area contributed by atoms with E-state index in [1.54, 1.807) is 22.4 Å². The second-order valence-electron chi connectivity index (χ2n) is 7.69. The SMILES string of the molecule is CC(C)(C)OC(=O)N1CCN2C(NCCNS(=O)(=O)c3cccs3)=NCC2C1. The summed E-state index contributed by atoms with van der Waals surface area (Å²) in [5, 5.41) is 4.93. The summed E-state index contributed by atoms with van der Waals surface area (Å²) < 4.78 is 32.5. The molecule has 0 radical (unpaired) electrons. The predicted molar refractivity (Wildman–Crippen MR) is 108 cm³/mol. The Hall–Kier alpha value is -1.85. The van der Waals surface area contributed by atoms with Crippen molar-refractivity contribution in [1.82, 2.24) is 19.8 Å². The highest BCUT2D eigenvalue weighted by Gasteiger charge is 2.36. The van der Waals surface area contributed by atoms with Crippen LogP contribution in [0.2, 0.25) is 0 Å². The topological polar surface area (TPSA) is 103 Å². The zero-order valence-corrected chi connectivity index (χ0v) is 18.0. The number of nitrogens with one attached hydrogen (secondary N) is 2. The van der Waals surface area contributed by atoms with Gasteiger partial charge in [-0.1, -0.05) is 6.07 Å². The molecule has 3 rings (SSSR count). The summed E-state index contributed by atoms with van der Waals surface area (Å²) >= 11 is 1.19. The number of thiophene rings is 1. The van der Waals surface area contributed by atoms with Crippen molar-refractivity contribution in [3.8, 4) is 0 Å². The van der Waals surface area contributed by atoms with Gasteiger partial charge in [0, 0.05) is 32.7 Å². The Balaban J connectivity index is 1.43. The number of piperazine rings is 1. The van der Waals surface area contributed by atoms with E-state index in [1.807, 2.05) is 20.8 Å². The molecule has 2 N–H and O–H groups in total. The zero-order chi connectivity index (χ0) is 20.4. The minimum atomic E-state index is -3.45. The number of hydrogen-bond donors (Lipinski definition) is 2. The summed E-state index contributed by atoms with van der Waals surface area (Å²) in [6.45, 7) is 8.66. The molecule has 1 amide bonds. The number of hydrogen-bond acceptors (Lipinski definition) is 8. The quantitative estimate of drug-likeness (QED) is 0.675. The van der Waals surface area contributed by atoms with Gasteiger partial charge < -0.3 is 19.9 Å². The third kappa shape index (κ3) is 5.15. The Morgan fingerprint density at radius 2 is 2.14 bits per heavy atom.